The van der Waals surface area contributed by atoms with Crippen LogP contribution >= 0.6 is 0 Å². The van der Waals surface area contributed by atoms with E-state index in [0.29, 0.717) is 11.9 Å². The molecule has 1 amide bonds. The summed E-state index contributed by atoms with van der Waals surface area (Å²) < 4.78 is 0. The molecule has 0 bridgehead atoms. The second-order valence-corrected chi connectivity index (χ2v) is 6.01. The Kier molecular flexibility index (Phi) is 5.64. The first kappa shape index (κ1) is 14.8. The van der Waals surface area contributed by atoms with Crippen LogP contribution in [0.15, 0.2) is 0 Å². The molecule has 4 nitrogen and oxygen atoms in total. The molecule has 2 heterocycles. The van der Waals surface area contributed by atoms with E-state index in [1.165, 1.54) is 25.7 Å². The lowest BCUT2D eigenvalue weighted by atomic mass is 10.2. The maximum absolute atomic E-state index is 12.7. The minimum absolute atomic E-state index is 0.0653. The first-order valence-corrected chi connectivity index (χ1v) is 7.93. The van der Waals surface area contributed by atoms with Gasteiger partial charge in [0.05, 0.1) is 6.04 Å². The van der Waals surface area contributed by atoms with Gasteiger partial charge in [0.25, 0.3) is 0 Å². The van der Waals surface area contributed by atoms with Crippen molar-refractivity contribution in [3.8, 4) is 0 Å². The second-order valence-electron chi connectivity index (χ2n) is 6.01. The molecule has 0 aliphatic carbocycles. The zero-order chi connectivity index (χ0) is 13.7. The van der Waals surface area contributed by atoms with Crippen LogP contribution in [0, 0.1) is 0 Å². The van der Waals surface area contributed by atoms with Crippen LogP contribution in [0.3, 0.4) is 0 Å². The third-order valence-electron chi connectivity index (χ3n) is 4.65. The monoisotopic (exact) mass is 267 g/mol. The Hall–Kier alpha value is -0.610. The van der Waals surface area contributed by atoms with Crippen molar-refractivity contribution >= 4 is 5.91 Å². The zero-order valence-electron chi connectivity index (χ0n) is 12.5. The van der Waals surface area contributed by atoms with Gasteiger partial charge < -0.3 is 10.2 Å². The van der Waals surface area contributed by atoms with Gasteiger partial charge in [-0.05, 0) is 52.7 Å². The van der Waals surface area contributed by atoms with Crippen molar-refractivity contribution in [2.24, 2.45) is 0 Å². The molecular weight excluding hydrogens is 238 g/mol. The fraction of sp³-hybridized carbons (Fsp3) is 0.933. The Labute approximate surface area is 117 Å². The number of hydrogen-bond donors (Lipinski definition) is 1. The lowest BCUT2D eigenvalue weighted by Crippen LogP contribution is -2.50. The number of nitrogens with zero attached hydrogens (tertiary/aromatic N) is 2. The van der Waals surface area contributed by atoms with Crippen LogP contribution in [0.1, 0.15) is 45.4 Å². The van der Waals surface area contributed by atoms with E-state index in [4.69, 9.17) is 0 Å². The van der Waals surface area contributed by atoms with E-state index in [2.05, 4.69) is 22.0 Å². The summed E-state index contributed by atoms with van der Waals surface area (Å²) in [6.45, 7) is 6.17. The van der Waals surface area contributed by atoms with E-state index in [-0.39, 0.29) is 6.04 Å². The van der Waals surface area contributed by atoms with Gasteiger partial charge in [-0.2, -0.15) is 0 Å². The molecule has 2 atom stereocenters. The van der Waals surface area contributed by atoms with Gasteiger partial charge in [0.1, 0.15) is 0 Å². The van der Waals surface area contributed by atoms with Crippen molar-refractivity contribution in [2.45, 2.75) is 57.5 Å². The lowest BCUT2D eigenvalue weighted by molar-refractivity contribution is -0.137. The highest BCUT2D eigenvalue weighted by atomic mass is 16.2. The standard InChI is InChI=1S/C15H29N3O/c1-13(17-9-5-3-4-6-10-17)15(19)18-11-7-8-14(18)12-16-2/h13-14,16H,3-12H2,1-2H3. The van der Waals surface area contributed by atoms with Crippen molar-refractivity contribution in [1.29, 1.82) is 0 Å². The van der Waals surface area contributed by atoms with Gasteiger partial charge in [0.15, 0.2) is 0 Å². The van der Waals surface area contributed by atoms with Crippen molar-refractivity contribution in [3.05, 3.63) is 0 Å². The number of carbonyl (C=O) groups is 1. The Morgan fingerprint density at radius 3 is 2.47 bits per heavy atom. The number of amides is 1. The summed E-state index contributed by atoms with van der Waals surface area (Å²) >= 11 is 0. The van der Waals surface area contributed by atoms with Crippen molar-refractivity contribution in [2.75, 3.05) is 33.2 Å². The predicted octanol–water partition coefficient (Wildman–Crippen LogP) is 1.46. The molecule has 2 aliphatic heterocycles. The summed E-state index contributed by atoms with van der Waals surface area (Å²) in [6, 6.07) is 0.475. The molecule has 2 aliphatic rings. The van der Waals surface area contributed by atoms with Gasteiger partial charge in [-0.3, -0.25) is 9.69 Å². The number of likely N-dealkylation sites (tertiary alicyclic amines) is 2. The van der Waals surface area contributed by atoms with Crippen LogP contribution in [0.5, 0.6) is 0 Å². The van der Waals surface area contributed by atoms with Gasteiger partial charge >= 0.3 is 0 Å². The molecule has 19 heavy (non-hydrogen) atoms. The SMILES string of the molecule is CNCC1CCCN1C(=O)C(C)N1CCCCCC1. The number of hydrogen-bond acceptors (Lipinski definition) is 3. The molecule has 4 heteroatoms. The van der Waals surface area contributed by atoms with E-state index in [1.807, 2.05) is 7.05 Å². The topological polar surface area (TPSA) is 35.6 Å². The molecule has 0 saturated carbocycles. The molecule has 1 N–H and O–H groups in total. The Morgan fingerprint density at radius 1 is 1.16 bits per heavy atom. The number of rotatable bonds is 4. The van der Waals surface area contributed by atoms with E-state index in [1.54, 1.807) is 0 Å². The van der Waals surface area contributed by atoms with Crippen molar-refractivity contribution in [3.63, 3.8) is 0 Å². The molecule has 2 unspecified atom stereocenters. The first-order valence-electron chi connectivity index (χ1n) is 7.93. The number of carbonyl (C=O) groups excluding carboxylic acids is 1. The van der Waals surface area contributed by atoms with Crippen LogP contribution in [0.4, 0.5) is 0 Å². The fourth-order valence-electron chi connectivity index (χ4n) is 3.45. The van der Waals surface area contributed by atoms with Gasteiger partial charge in [-0.25, -0.2) is 0 Å². The van der Waals surface area contributed by atoms with Gasteiger partial charge in [0.2, 0.25) is 5.91 Å². The predicted molar refractivity (Wildman–Crippen MR) is 78.2 cm³/mol. The van der Waals surface area contributed by atoms with Crippen LogP contribution in [-0.4, -0.2) is 61.0 Å². The molecule has 0 spiro atoms. The van der Waals surface area contributed by atoms with Crippen molar-refractivity contribution in [1.82, 2.24) is 15.1 Å². The highest BCUT2D eigenvalue weighted by molar-refractivity contribution is 5.82. The highest BCUT2D eigenvalue weighted by Gasteiger charge is 2.33. The molecule has 110 valence electrons. The smallest absolute Gasteiger partial charge is 0.239 e. The maximum Gasteiger partial charge on any atom is 0.239 e. The third-order valence-corrected chi connectivity index (χ3v) is 4.65. The van der Waals surface area contributed by atoms with E-state index in [0.717, 1.165) is 39.0 Å². The third kappa shape index (κ3) is 3.69. The van der Waals surface area contributed by atoms with Crippen LogP contribution in [0.25, 0.3) is 0 Å². The molecule has 0 aromatic rings. The largest absolute Gasteiger partial charge is 0.337 e. The summed E-state index contributed by atoms with van der Waals surface area (Å²) in [4.78, 5) is 17.2. The zero-order valence-corrected chi connectivity index (χ0v) is 12.5. The Morgan fingerprint density at radius 2 is 1.84 bits per heavy atom. The second kappa shape index (κ2) is 7.25. The van der Waals surface area contributed by atoms with Crippen LogP contribution < -0.4 is 5.32 Å². The molecule has 2 fully saturated rings. The van der Waals surface area contributed by atoms with E-state index in [9.17, 15) is 4.79 Å². The van der Waals surface area contributed by atoms with Gasteiger partial charge in [0, 0.05) is 19.1 Å². The van der Waals surface area contributed by atoms with Gasteiger partial charge in [-0.1, -0.05) is 12.8 Å². The molecule has 2 saturated heterocycles. The average molecular weight is 267 g/mol. The molecule has 0 radical (unpaired) electrons. The molecule has 2 rings (SSSR count). The van der Waals surface area contributed by atoms with E-state index >= 15 is 0 Å². The average Bonchev–Trinajstić information content (AvgIpc) is 2.71. The molecule has 0 aromatic carbocycles. The van der Waals surface area contributed by atoms with Crippen LogP contribution in [0.2, 0.25) is 0 Å². The van der Waals surface area contributed by atoms with E-state index < -0.39 is 0 Å². The first-order chi connectivity index (χ1) is 9.24. The van der Waals surface area contributed by atoms with Gasteiger partial charge in [-0.15, -0.1) is 0 Å². The normalized spacial score (nSPS) is 27.3. The lowest BCUT2D eigenvalue weighted by Gasteiger charge is -2.33. The van der Waals surface area contributed by atoms with Crippen molar-refractivity contribution < 1.29 is 4.79 Å². The number of nitrogens with one attached hydrogen (secondary N) is 1. The summed E-state index contributed by atoms with van der Waals surface area (Å²) in [5.74, 6) is 0.347. The minimum atomic E-state index is 0.0653. The maximum atomic E-state index is 12.7. The Balaban J connectivity index is 1.93. The van der Waals surface area contributed by atoms with Crippen LogP contribution in [-0.2, 0) is 4.79 Å². The molecular formula is C15H29N3O. The summed E-state index contributed by atoms with van der Waals surface area (Å²) in [6.07, 6.45) is 7.45. The molecule has 0 aromatic heterocycles. The summed E-state index contributed by atoms with van der Waals surface area (Å²) in [7, 11) is 1.97. The summed E-state index contributed by atoms with van der Waals surface area (Å²) in [5, 5.41) is 3.22. The highest BCUT2D eigenvalue weighted by Crippen LogP contribution is 2.20. The minimum Gasteiger partial charge on any atom is -0.337 e. The fourth-order valence-corrected chi connectivity index (χ4v) is 3.45. The number of likely N-dealkylation sites (N-methyl/N-ethyl adjacent to an activating group) is 1. The Bertz CT molecular complexity index is 287. The quantitative estimate of drug-likeness (QED) is 0.837. The summed E-state index contributed by atoms with van der Waals surface area (Å²) in [5.41, 5.74) is 0.